The number of aliphatic carboxylic acids is 1. The molecule has 0 saturated heterocycles. The van der Waals surface area contributed by atoms with Gasteiger partial charge >= 0.3 is 12.0 Å². The van der Waals surface area contributed by atoms with E-state index < -0.39 is 24.0 Å². The van der Waals surface area contributed by atoms with Gasteiger partial charge in [-0.25, -0.2) is 4.79 Å². The standard InChI is InChI=1S/C14H29N3O4/c1-10(2)6-11(8-17(4)5)16-13(20)15-9-14(3,21)7-12(18)19/h10-11,21H,6-9H2,1-5H3,(H,18,19)(H2,15,16,20). The first kappa shape index (κ1) is 19.7. The third-order valence-electron chi connectivity index (χ3n) is 2.84. The summed E-state index contributed by atoms with van der Waals surface area (Å²) < 4.78 is 0. The summed E-state index contributed by atoms with van der Waals surface area (Å²) in [5.41, 5.74) is -1.46. The van der Waals surface area contributed by atoms with E-state index in [0.717, 1.165) is 13.0 Å². The number of amides is 2. The van der Waals surface area contributed by atoms with Gasteiger partial charge in [-0.05, 0) is 33.4 Å². The molecule has 0 aromatic heterocycles. The summed E-state index contributed by atoms with van der Waals surface area (Å²) in [5.74, 6) is -0.655. The molecule has 0 radical (unpaired) electrons. The molecule has 2 unspecified atom stereocenters. The Labute approximate surface area is 126 Å². The van der Waals surface area contributed by atoms with Gasteiger partial charge in [-0.2, -0.15) is 0 Å². The second-order valence-electron chi connectivity index (χ2n) is 6.48. The SMILES string of the molecule is CC(C)CC(CN(C)C)NC(=O)NCC(C)(O)CC(=O)O. The largest absolute Gasteiger partial charge is 0.481 e. The number of carboxylic acid groups (broad SMARTS) is 1. The first-order valence-corrected chi connectivity index (χ1v) is 7.15. The summed E-state index contributed by atoms with van der Waals surface area (Å²) in [6, 6.07) is -0.391. The second-order valence-corrected chi connectivity index (χ2v) is 6.48. The van der Waals surface area contributed by atoms with E-state index in [4.69, 9.17) is 5.11 Å². The van der Waals surface area contributed by atoms with Crippen molar-refractivity contribution in [3.8, 4) is 0 Å². The van der Waals surface area contributed by atoms with E-state index in [2.05, 4.69) is 24.5 Å². The number of hydrogen-bond acceptors (Lipinski definition) is 4. The van der Waals surface area contributed by atoms with E-state index in [1.165, 1.54) is 6.92 Å². The van der Waals surface area contributed by atoms with Crippen LogP contribution >= 0.6 is 0 Å². The predicted octanol–water partition coefficient (Wildman–Crippen LogP) is 0.488. The number of nitrogens with zero attached hydrogens (tertiary/aromatic N) is 1. The van der Waals surface area contributed by atoms with Gasteiger partial charge < -0.3 is 25.7 Å². The van der Waals surface area contributed by atoms with Crippen LogP contribution in [0, 0.1) is 5.92 Å². The number of carbonyl (C=O) groups is 2. The molecule has 4 N–H and O–H groups in total. The Morgan fingerprint density at radius 3 is 2.29 bits per heavy atom. The van der Waals surface area contributed by atoms with Crippen LogP contribution in [0.3, 0.4) is 0 Å². The summed E-state index contributed by atoms with van der Waals surface area (Å²) in [5, 5.41) is 23.9. The van der Waals surface area contributed by atoms with Crippen molar-refractivity contribution in [2.75, 3.05) is 27.2 Å². The summed E-state index contributed by atoms with van der Waals surface area (Å²) in [6.45, 7) is 6.16. The third-order valence-corrected chi connectivity index (χ3v) is 2.84. The molecular formula is C14H29N3O4. The minimum absolute atomic E-state index is 0.00410. The van der Waals surface area contributed by atoms with Gasteiger partial charge in [0.2, 0.25) is 0 Å². The van der Waals surface area contributed by atoms with Crippen LogP contribution in [-0.4, -0.2) is 65.9 Å². The molecule has 0 aliphatic heterocycles. The Balaban J connectivity index is 4.33. The van der Waals surface area contributed by atoms with Crippen LogP contribution in [0.2, 0.25) is 0 Å². The molecule has 21 heavy (non-hydrogen) atoms. The summed E-state index contributed by atoms with van der Waals surface area (Å²) in [7, 11) is 3.87. The normalized spacial score (nSPS) is 15.6. The van der Waals surface area contributed by atoms with E-state index in [0.29, 0.717) is 5.92 Å². The van der Waals surface area contributed by atoms with Crippen LogP contribution in [0.1, 0.15) is 33.6 Å². The topological polar surface area (TPSA) is 102 Å². The van der Waals surface area contributed by atoms with Gasteiger partial charge in [0.25, 0.3) is 0 Å². The van der Waals surface area contributed by atoms with E-state index in [-0.39, 0.29) is 12.6 Å². The van der Waals surface area contributed by atoms with E-state index in [9.17, 15) is 14.7 Å². The summed E-state index contributed by atoms with van der Waals surface area (Å²) in [4.78, 5) is 24.4. The molecule has 2 amide bonds. The van der Waals surface area contributed by atoms with Crippen molar-refractivity contribution < 1.29 is 19.8 Å². The highest BCUT2D eigenvalue weighted by atomic mass is 16.4. The van der Waals surface area contributed by atoms with E-state index in [1.807, 2.05) is 19.0 Å². The summed E-state index contributed by atoms with van der Waals surface area (Å²) >= 11 is 0. The number of carbonyl (C=O) groups excluding carboxylic acids is 1. The molecular weight excluding hydrogens is 274 g/mol. The van der Waals surface area contributed by atoms with Gasteiger partial charge in [0.1, 0.15) is 0 Å². The molecule has 0 aromatic carbocycles. The molecule has 7 nitrogen and oxygen atoms in total. The van der Waals surface area contributed by atoms with Gasteiger partial charge in [-0.15, -0.1) is 0 Å². The monoisotopic (exact) mass is 303 g/mol. The van der Waals surface area contributed by atoms with Gasteiger partial charge in [0.15, 0.2) is 0 Å². The van der Waals surface area contributed by atoms with Crippen molar-refractivity contribution >= 4 is 12.0 Å². The van der Waals surface area contributed by atoms with Crippen LogP contribution in [0.15, 0.2) is 0 Å². The van der Waals surface area contributed by atoms with Gasteiger partial charge in [0, 0.05) is 19.1 Å². The highest BCUT2D eigenvalue weighted by Crippen LogP contribution is 2.08. The fourth-order valence-corrected chi connectivity index (χ4v) is 2.08. The Morgan fingerprint density at radius 1 is 1.29 bits per heavy atom. The number of nitrogens with one attached hydrogen (secondary N) is 2. The number of likely N-dealkylation sites (N-methyl/N-ethyl adjacent to an activating group) is 1. The molecule has 0 spiro atoms. The van der Waals surface area contributed by atoms with Crippen molar-refractivity contribution in [3.63, 3.8) is 0 Å². The molecule has 0 saturated carbocycles. The fraction of sp³-hybridized carbons (Fsp3) is 0.857. The highest BCUT2D eigenvalue weighted by Gasteiger charge is 2.25. The molecule has 7 heteroatoms. The zero-order valence-electron chi connectivity index (χ0n) is 13.6. The zero-order chi connectivity index (χ0) is 16.6. The maximum absolute atomic E-state index is 11.8. The number of hydrogen-bond donors (Lipinski definition) is 4. The second kappa shape index (κ2) is 8.84. The first-order chi connectivity index (χ1) is 9.51. The minimum atomic E-state index is -1.46. The van der Waals surface area contributed by atoms with Crippen molar-refractivity contribution in [2.45, 2.75) is 45.3 Å². The van der Waals surface area contributed by atoms with Crippen molar-refractivity contribution in [3.05, 3.63) is 0 Å². The number of rotatable bonds is 9. The van der Waals surface area contributed by atoms with Crippen LogP contribution < -0.4 is 10.6 Å². The van der Waals surface area contributed by atoms with Crippen LogP contribution in [0.4, 0.5) is 4.79 Å². The quantitative estimate of drug-likeness (QED) is 0.496. The van der Waals surface area contributed by atoms with Crippen molar-refractivity contribution in [2.24, 2.45) is 5.92 Å². The van der Waals surface area contributed by atoms with Crippen molar-refractivity contribution in [1.29, 1.82) is 0 Å². The zero-order valence-corrected chi connectivity index (χ0v) is 13.6. The average Bonchev–Trinajstić information content (AvgIpc) is 2.22. The maximum atomic E-state index is 11.8. The minimum Gasteiger partial charge on any atom is -0.481 e. The lowest BCUT2D eigenvalue weighted by Crippen LogP contribution is -2.50. The molecule has 2 atom stereocenters. The van der Waals surface area contributed by atoms with Crippen LogP contribution in [0.25, 0.3) is 0 Å². The molecule has 124 valence electrons. The number of aliphatic hydroxyl groups is 1. The molecule has 0 aromatic rings. The van der Waals surface area contributed by atoms with Crippen LogP contribution in [-0.2, 0) is 4.79 Å². The molecule has 0 aliphatic carbocycles. The Hall–Kier alpha value is -1.34. The first-order valence-electron chi connectivity index (χ1n) is 7.15. The third kappa shape index (κ3) is 11.0. The Bertz CT molecular complexity index is 333. The lowest BCUT2D eigenvalue weighted by molar-refractivity contribution is -0.141. The lowest BCUT2D eigenvalue weighted by atomic mass is 10.0. The Morgan fingerprint density at radius 2 is 1.86 bits per heavy atom. The molecule has 0 rings (SSSR count). The van der Waals surface area contributed by atoms with Crippen molar-refractivity contribution in [1.82, 2.24) is 15.5 Å². The maximum Gasteiger partial charge on any atom is 0.315 e. The lowest BCUT2D eigenvalue weighted by Gasteiger charge is -2.26. The van der Waals surface area contributed by atoms with E-state index >= 15 is 0 Å². The smallest absolute Gasteiger partial charge is 0.315 e. The molecule has 0 fully saturated rings. The molecule has 0 aliphatic rings. The van der Waals surface area contributed by atoms with Crippen LogP contribution in [0.5, 0.6) is 0 Å². The fourth-order valence-electron chi connectivity index (χ4n) is 2.08. The predicted molar refractivity (Wildman–Crippen MR) is 81.2 cm³/mol. The molecule has 0 bridgehead atoms. The van der Waals surface area contributed by atoms with Gasteiger partial charge in [0.05, 0.1) is 12.0 Å². The highest BCUT2D eigenvalue weighted by molar-refractivity contribution is 5.74. The number of carboxylic acids is 1. The average molecular weight is 303 g/mol. The van der Waals surface area contributed by atoms with Gasteiger partial charge in [-0.1, -0.05) is 13.8 Å². The number of urea groups is 1. The Kier molecular flexibility index (Phi) is 8.27. The van der Waals surface area contributed by atoms with E-state index in [1.54, 1.807) is 0 Å². The molecule has 0 heterocycles. The summed E-state index contributed by atoms with van der Waals surface area (Å²) in [6.07, 6.45) is 0.428. The van der Waals surface area contributed by atoms with Gasteiger partial charge in [-0.3, -0.25) is 4.79 Å².